The summed E-state index contributed by atoms with van der Waals surface area (Å²) in [5.74, 6) is -1.40. The van der Waals surface area contributed by atoms with Crippen molar-refractivity contribution in [3.8, 4) is 0 Å². The molecule has 9 heteroatoms. The molecule has 4 rings (SSSR count). The van der Waals surface area contributed by atoms with Gasteiger partial charge in [0.25, 0.3) is 11.5 Å². The van der Waals surface area contributed by atoms with Crippen LogP contribution in [-0.4, -0.2) is 56.9 Å². The third kappa shape index (κ3) is 3.65. The number of amides is 2. The molecular weight excluding hydrogens is 406 g/mol. The molecule has 2 aliphatic rings. The maximum atomic E-state index is 13.1. The second-order valence-electron chi connectivity index (χ2n) is 7.74. The maximum absolute atomic E-state index is 13.1. The summed E-state index contributed by atoms with van der Waals surface area (Å²) in [6.45, 7) is 3.13. The van der Waals surface area contributed by atoms with Crippen molar-refractivity contribution in [2.75, 3.05) is 19.6 Å². The molecule has 0 radical (unpaired) electrons. The Balaban J connectivity index is 1.70. The number of rotatable bonds is 3. The molecule has 4 heterocycles. The number of hydrogen-bond donors (Lipinski definition) is 1. The minimum Gasteiger partial charge on any atom is -0.477 e. The van der Waals surface area contributed by atoms with Crippen LogP contribution in [0.2, 0.25) is 0 Å². The number of pyridine rings is 1. The summed E-state index contributed by atoms with van der Waals surface area (Å²) in [6.07, 6.45) is 3.46. The molecule has 0 aliphatic carbocycles. The largest absolute Gasteiger partial charge is 0.477 e. The molecule has 0 aromatic carbocycles. The number of piperidine rings is 1. The van der Waals surface area contributed by atoms with Gasteiger partial charge in [0.1, 0.15) is 5.56 Å². The summed E-state index contributed by atoms with van der Waals surface area (Å²) in [6, 6.07) is 3.31. The monoisotopic (exact) mass is 429 g/mol. The molecule has 1 N–H and O–H groups in total. The highest BCUT2D eigenvalue weighted by Crippen LogP contribution is 2.26. The van der Waals surface area contributed by atoms with E-state index < -0.39 is 11.5 Å². The summed E-state index contributed by atoms with van der Waals surface area (Å²) >= 11 is 1.38. The van der Waals surface area contributed by atoms with Crippen molar-refractivity contribution in [3.63, 3.8) is 0 Å². The van der Waals surface area contributed by atoms with Crippen molar-refractivity contribution in [1.82, 2.24) is 14.4 Å². The first-order valence-electron chi connectivity index (χ1n) is 9.95. The van der Waals surface area contributed by atoms with Gasteiger partial charge < -0.3 is 19.5 Å². The molecule has 1 fully saturated rings. The van der Waals surface area contributed by atoms with Crippen molar-refractivity contribution in [2.45, 2.75) is 38.8 Å². The Morgan fingerprint density at radius 1 is 1.20 bits per heavy atom. The average molecular weight is 429 g/mol. The fraction of sp³-hybridized carbons (Fsp3) is 0.429. The number of fused-ring (bicyclic) bond motifs is 1. The highest BCUT2D eigenvalue weighted by molar-refractivity contribution is 7.12. The van der Waals surface area contributed by atoms with Gasteiger partial charge in [0, 0.05) is 39.3 Å². The molecule has 0 bridgehead atoms. The predicted octanol–water partition coefficient (Wildman–Crippen LogP) is 1.99. The first kappa shape index (κ1) is 20.3. The third-order valence-electron chi connectivity index (χ3n) is 5.89. The zero-order valence-corrected chi connectivity index (χ0v) is 17.5. The number of aromatic nitrogens is 1. The van der Waals surface area contributed by atoms with Crippen molar-refractivity contribution >= 4 is 29.1 Å². The SMILES string of the molecule is CC(=O)N1CCc2c(cn(C3CCCN(C(=O)c4cccs4)C3)c(=O)c2C(=O)O)C1. The molecule has 158 valence electrons. The highest BCUT2D eigenvalue weighted by Gasteiger charge is 2.31. The van der Waals surface area contributed by atoms with Crippen molar-refractivity contribution in [1.29, 1.82) is 0 Å². The molecule has 1 unspecified atom stereocenters. The summed E-state index contributed by atoms with van der Waals surface area (Å²) in [5.41, 5.74) is 0.462. The minimum absolute atomic E-state index is 0.0677. The zero-order chi connectivity index (χ0) is 21.4. The summed E-state index contributed by atoms with van der Waals surface area (Å²) in [5, 5.41) is 11.6. The molecule has 2 aliphatic heterocycles. The number of thiophene rings is 1. The molecule has 2 amide bonds. The van der Waals surface area contributed by atoms with Gasteiger partial charge in [0.2, 0.25) is 5.91 Å². The standard InChI is InChI=1S/C21H23N3O5S/c1-13(25)22-8-6-16-14(10-22)11-24(20(27)18(16)21(28)29)15-4-2-7-23(12-15)19(26)17-5-3-9-30-17/h3,5,9,11,15H,2,4,6-8,10,12H2,1H3,(H,28,29). The van der Waals surface area contributed by atoms with Gasteiger partial charge >= 0.3 is 5.97 Å². The van der Waals surface area contributed by atoms with Gasteiger partial charge in [-0.1, -0.05) is 6.07 Å². The second kappa shape index (κ2) is 8.06. The first-order valence-corrected chi connectivity index (χ1v) is 10.8. The summed E-state index contributed by atoms with van der Waals surface area (Å²) in [7, 11) is 0. The van der Waals surface area contributed by atoms with E-state index in [0.29, 0.717) is 48.5 Å². The minimum atomic E-state index is -1.25. The normalized spacial score (nSPS) is 18.8. The van der Waals surface area contributed by atoms with Crippen LogP contribution < -0.4 is 5.56 Å². The second-order valence-corrected chi connectivity index (χ2v) is 8.69. The van der Waals surface area contributed by atoms with Crippen LogP contribution in [0.1, 0.15) is 57.0 Å². The number of carbonyl (C=O) groups is 3. The van der Waals surface area contributed by atoms with Crippen molar-refractivity contribution in [2.24, 2.45) is 0 Å². The summed E-state index contributed by atoms with van der Waals surface area (Å²) in [4.78, 5) is 53.6. The summed E-state index contributed by atoms with van der Waals surface area (Å²) < 4.78 is 1.47. The van der Waals surface area contributed by atoms with Gasteiger partial charge in [-0.3, -0.25) is 14.4 Å². The van der Waals surface area contributed by atoms with Gasteiger partial charge in [-0.05, 0) is 41.8 Å². The van der Waals surface area contributed by atoms with Crippen LogP contribution in [0.4, 0.5) is 0 Å². The van der Waals surface area contributed by atoms with Crippen LogP contribution >= 0.6 is 11.3 Å². The zero-order valence-electron chi connectivity index (χ0n) is 16.7. The van der Waals surface area contributed by atoms with Crippen LogP contribution in [0, 0.1) is 0 Å². The smallest absolute Gasteiger partial charge is 0.341 e. The van der Waals surface area contributed by atoms with E-state index in [1.807, 2.05) is 11.4 Å². The predicted molar refractivity (Wildman–Crippen MR) is 111 cm³/mol. The van der Waals surface area contributed by atoms with Crippen LogP contribution in [0.15, 0.2) is 28.5 Å². The quantitative estimate of drug-likeness (QED) is 0.804. The van der Waals surface area contributed by atoms with E-state index in [4.69, 9.17) is 0 Å². The lowest BCUT2D eigenvalue weighted by Gasteiger charge is -2.35. The fourth-order valence-electron chi connectivity index (χ4n) is 4.36. The molecule has 1 saturated heterocycles. The van der Waals surface area contributed by atoms with Crippen LogP contribution in [0.3, 0.4) is 0 Å². The van der Waals surface area contributed by atoms with Crippen LogP contribution in [0.5, 0.6) is 0 Å². The van der Waals surface area contributed by atoms with E-state index in [1.165, 1.54) is 22.8 Å². The third-order valence-corrected chi connectivity index (χ3v) is 6.75. The lowest BCUT2D eigenvalue weighted by molar-refractivity contribution is -0.129. The number of likely N-dealkylation sites (tertiary alicyclic amines) is 1. The van der Waals surface area contributed by atoms with E-state index in [0.717, 1.165) is 6.42 Å². The topological polar surface area (TPSA) is 99.9 Å². The molecule has 0 spiro atoms. The Morgan fingerprint density at radius 2 is 2.00 bits per heavy atom. The highest BCUT2D eigenvalue weighted by atomic mass is 32.1. The molecule has 0 saturated carbocycles. The van der Waals surface area contributed by atoms with Crippen LogP contribution in [-0.2, 0) is 17.8 Å². The molecule has 30 heavy (non-hydrogen) atoms. The number of aromatic carboxylic acids is 1. The van der Waals surface area contributed by atoms with E-state index in [2.05, 4.69) is 0 Å². The maximum Gasteiger partial charge on any atom is 0.341 e. The fourth-order valence-corrected chi connectivity index (χ4v) is 5.05. The molecular formula is C21H23N3O5S. The average Bonchev–Trinajstić information content (AvgIpc) is 3.27. The van der Waals surface area contributed by atoms with E-state index in [1.54, 1.807) is 22.1 Å². The van der Waals surface area contributed by atoms with Crippen molar-refractivity contribution < 1.29 is 19.5 Å². The lowest BCUT2D eigenvalue weighted by atomic mass is 9.95. The van der Waals surface area contributed by atoms with Crippen LogP contribution in [0.25, 0.3) is 0 Å². The van der Waals surface area contributed by atoms with Gasteiger partial charge in [-0.2, -0.15) is 0 Å². The first-order chi connectivity index (χ1) is 14.4. The molecule has 8 nitrogen and oxygen atoms in total. The van der Waals surface area contributed by atoms with Gasteiger partial charge in [0.05, 0.1) is 10.9 Å². The van der Waals surface area contributed by atoms with E-state index in [9.17, 15) is 24.3 Å². The lowest BCUT2D eigenvalue weighted by Crippen LogP contribution is -2.44. The number of carbonyl (C=O) groups excluding carboxylic acids is 2. The number of hydrogen-bond acceptors (Lipinski definition) is 5. The molecule has 1 atom stereocenters. The number of nitrogens with zero attached hydrogens (tertiary/aromatic N) is 3. The number of carboxylic acid groups (broad SMARTS) is 1. The van der Waals surface area contributed by atoms with E-state index >= 15 is 0 Å². The van der Waals surface area contributed by atoms with Gasteiger partial charge in [-0.15, -0.1) is 11.3 Å². The number of carboxylic acids is 1. The Labute approximate surface area is 177 Å². The Kier molecular flexibility index (Phi) is 5.46. The Bertz CT molecular complexity index is 1060. The van der Waals surface area contributed by atoms with E-state index in [-0.39, 0.29) is 30.0 Å². The van der Waals surface area contributed by atoms with Gasteiger partial charge in [-0.25, -0.2) is 4.79 Å². The molecule has 2 aromatic heterocycles. The van der Waals surface area contributed by atoms with Gasteiger partial charge in [0.15, 0.2) is 0 Å². The van der Waals surface area contributed by atoms with Crippen molar-refractivity contribution in [3.05, 3.63) is 55.6 Å². The Hall–Kier alpha value is -2.94. The Morgan fingerprint density at radius 3 is 2.67 bits per heavy atom. The molecule has 2 aromatic rings.